The fourth-order valence-electron chi connectivity index (χ4n) is 5.67. The van der Waals surface area contributed by atoms with Crippen LogP contribution in [0.2, 0.25) is 0 Å². The summed E-state index contributed by atoms with van der Waals surface area (Å²) in [5, 5.41) is 3.16. The van der Waals surface area contributed by atoms with Crippen molar-refractivity contribution in [3.8, 4) is 5.75 Å². The quantitative estimate of drug-likeness (QED) is 0.151. The molecule has 6 heteroatoms. The highest BCUT2D eigenvalue weighted by molar-refractivity contribution is 5.97. The monoisotopic (exact) mass is 620 g/mol. The van der Waals surface area contributed by atoms with Gasteiger partial charge < -0.3 is 19.7 Å². The molecule has 4 aromatic carbocycles. The number of rotatable bonds is 13. The molecule has 1 amide bonds. The highest BCUT2D eigenvalue weighted by atomic mass is 16.5. The summed E-state index contributed by atoms with van der Waals surface area (Å²) < 4.78 is 11.9. The number of anilines is 1. The van der Waals surface area contributed by atoms with E-state index in [1.807, 2.05) is 81.4 Å². The summed E-state index contributed by atoms with van der Waals surface area (Å²) >= 11 is 0. The average Bonchev–Trinajstić information content (AvgIpc) is 3.13. The molecule has 5 rings (SSSR count). The minimum absolute atomic E-state index is 0.0587. The Bertz CT molecular complexity index is 1480. The first-order chi connectivity index (χ1) is 22.6. The van der Waals surface area contributed by atoms with Crippen molar-refractivity contribution in [3.05, 3.63) is 131 Å². The zero-order valence-corrected chi connectivity index (χ0v) is 27.5. The fraction of sp³-hybridized carbons (Fsp3) is 0.350. The third-order valence-electron chi connectivity index (χ3n) is 8.17. The molecule has 1 aliphatic rings. The Morgan fingerprint density at radius 3 is 2.02 bits per heavy atom. The highest BCUT2D eigenvalue weighted by Gasteiger charge is 2.22. The number of nitrogens with zero attached hydrogens (tertiary/aromatic N) is 1. The van der Waals surface area contributed by atoms with E-state index in [1.165, 1.54) is 37.7 Å². The Hall–Kier alpha value is -4.42. The molecule has 0 radical (unpaired) electrons. The average molecular weight is 621 g/mol. The number of hydrogen-bond acceptors (Lipinski definition) is 5. The van der Waals surface area contributed by atoms with Gasteiger partial charge in [-0.2, -0.15) is 0 Å². The SMILES string of the molecule is CC.CCNCC(=O)N(Cc1ccc(C2CCCCC2)cc1)c1ccc(C(=O)OCc2ccccc2)c(OCc2ccccc2)c1. The molecule has 1 fully saturated rings. The van der Waals surface area contributed by atoms with Crippen LogP contribution in [0, 0.1) is 0 Å². The second kappa shape index (κ2) is 18.5. The molecule has 4 aromatic rings. The molecule has 1 aliphatic carbocycles. The van der Waals surface area contributed by atoms with Gasteiger partial charge in [0.1, 0.15) is 24.5 Å². The Balaban J connectivity index is 0.00000235. The third kappa shape index (κ3) is 10.0. The van der Waals surface area contributed by atoms with E-state index in [4.69, 9.17) is 9.47 Å². The summed E-state index contributed by atoms with van der Waals surface area (Å²) in [4.78, 5) is 28.5. The van der Waals surface area contributed by atoms with Crippen LogP contribution < -0.4 is 15.0 Å². The van der Waals surface area contributed by atoms with E-state index >= 15 is 0 Å². The summed E-state index contributed by atoms with van der Waals surface area (Å²) in [5.74, 6) is 0.463. The van der Waals surface area contributed by atoms with E-state index in [-0.39, 0.29) is 25.7 Å². The summed E-state index contributed by atoms with van der Waals surface area (Å²) in [5.41, 5.74) is 5.28. The van der Waals surface area contributed by atoms with Gasteiger partial charge in [0, 0.05) is 11.8 Å². The highest BCUT2D eigenvalue weighted by Crippen LogP contribution is 2.33. The molecule has 6 nitrogen and oxygen atoms in total. The van der Waals surface area contributed by atoms with Gasteiger partial charge in [0.25, 0.3) is 0 Å². The van der Waals surface area contributed by atoms with E-state index in [0.29, 0.717) is 36.0 Å². The van der Waals surface area contributed by atoms with Crippen LogP contribution in [0.25, 0.3) is 0 Å². The lowest BCUT2D eigenvalue weighted by atomic mass is 9.84. The zero-order valence-electron chi connectivity index (χ0n) is 27.5. The van der Waals surface area contributed by atoms with Crippen LogP contribution in [0.4, 0.5) is 5.69 Å². The standard InChI is InChI=1S/C38H42N2O4.C2H6/c1-2-39-25-37(41)40(26-29-18-20-33(21-19-29)32-16-10-5-11-17-32)34-22-23-35(38(42)44-28-31-14-8-4-9-15-31)36(24-34)43-27-30-12-6-3-7-13-30;1-2/h3-4,6-9,12-15,18-24,32,39H,2,5,10-11,16-17,25-28H2,1H3;1-2H3. The predicted molar refractivity (Wildman–Crippen MR) is 186 cm³/mol. The zero-order chi connectivity index (χ0) is 32.6. The van der Waals surface area contributed by atoms with Crippen LogP contribution >= 0.6 is 0 Å². The molecule has 46 heavy (non-hydrogen) atoms. The molecule has 0 aromatic heterocycles. The normalized spacial score (nSPS) is 12.8. The number of carbonyl (C=O) groups is 2. The molecule has 242 valence electrons. The van der Waals surface area contributed by atoms with Crippen molar-refractivity contribution >= 4 is 17.6 Å². The van der Waals surface area contributed by atoms with Gasteiger partial charge in [-0.05, 0) is 59.7 Å². The summed E-state index contributed by atoms with van der Waals surface area (Å²) in [7, 11) is 0. The minimum Gasteiger partial charge on any atom is -0.488 e. The molecule has 0 bridgehead atoms. The van der Waals surface area contributed by atoms with Gasteiger partial charge in [0.2, 0.25) is 5.91 Å². The van der Waals surface area contributed by atoms with Gasteiger partial charge in [-0.25, -0.2) is 4.79 Å². The van der Waals surface area contributed by atoms with E-state index < -0.39 is 5.97 Å². The molecule has 0 atom stereocenters. The minimum atomic E-state index is -0.479. The lowest BCUT2D eigenvalue weighted by molar-refractivity contribution is -0.117. The van der Waals surface area contributed by atoms with Gasteiger partial charge in [0.15, 0.2) is 0 Å². The Morgan fingerprint density at radius 1 is 0.761 bits per heavy atom. The second-order valence-corrected chi connectivity index (χ2v) is 11.4. The molecule has 1 N–H and O–H groups in total. The van der Waals surface area contributed by atoms with Crippen molar-refractivity contribution < 1.29 is 19.1 Å². The molecule has 0 unspecified atom stereocenters. The smallest absolute Gasteiger partial charge is 0.342 e. The molecule has 0 aliphatic heterocycles. The number of likely N-dealkylation sites (N-methyl/N-ethyl adjacent to an activating group) is 1. The van der Waals surface area contributed by atoms with Crippen LogP contribution in [0.5, 0.6) is 5.75 Å². The lowest BCUT2D eigenvalue weighted by Gasteiger charge is -2.25. The Morgan fingerprint density at radius 2 is 1.39 bits per heavy atom. The van der Waals surface area contributed by atoms with Crippen LogP contribution in [0.3, 0.4) is 0 Å². The van der Waals surface area contributed by atoms with Crippen LogP contribution in [0.15, 0.2) is 103 Å². The summed E-state index contributed by atoms with van der Waals surface area (Å²) in [6, 6.07) is 33.4. The van der Waals surface area contributed by atoms with E-state index in [9.17, 15) is 9.59 Å². The number of ether oxygens (including phenoxy) is 2. The van der Waals surface area contributed by atoms with Crippen molar-refractivity contribution in [2.24, 2.45) is 0 Å². The van der Waals surface area contributed by atoms with Crippen molar-refractivity contribution in [2.75, 3.05) is 18.0 Å². The largest absolute Gasteiger partial charge is 0.488 e. The molecule has 0 spiro atoms. The Labute approximate surface area is 274 Å². The maximum atomic E-state index is 13.5. The summed E-state index contributed by atoms with van der Waals surface area (Å²) in [6.07, 6.45) is 6.42. The van der Waals surface area contributed by atoms with Crippen molar-refractivity contribution in [1.82, 2.24) is 5.32 Å². The van der Waals surface area contributed by atoms with Crippen LogP contribution in [-0.2, 0) is 29.3 Å². The molecule has 0 heterocycles. The second-order valence-electron chi connectivity index (χ2n) is 11.4. The topological polar surface area (TPSA) is 67.9 Å². The molecule has 0 saturated heterocycles. The first kappa shape index (κ1) is 34.5. The third-order valence-corrected chi connectivity index (χ3v) is 8.17. The molecular formula is C40H48N2O4. The van der Waals surface area contributed by atoms with Crippen molar-refractivity contribution in [2.45, 2.75) is 78.6 Å². The maximum Gasteiger partial charge on any atom is 0.342 e. The number of esters is 1. The predicted octanol–water partition coefficient (Wildman–Crippen LogP) is 8.84. The van der Waals surface area contributed by atoms with Crippen LogP contribution in [-0.4, -0.2) is 25.0 Å². The van der Waals surface area contributed by atoms with E-state index in [0.717, 1.165) is 16.7 Å². The first-order valence-electron chi connectivity index (χ1n) is 16.7. The van der Waals surface area contributed by atoms with Gasteiger partial charge >= 0.3 is 5.97 Å². The van der Waals surface area contributed by atoms with Gasteiger partial charge in [-0.3, -0.25) is 4.79 Å². The molecule has 1 saturated carbocycles. The van der Waals surface area contributed by atoms with E-state index in [2.05, 4.69) is 29.6 Å². The van der Waals surface area contributed by atoms with Crippen molar-refractivity contribution in [3.63, 3.8) is 0 Å². The van der Waals surface area contributed by atoms with Gasteiger partial charge in [-0.1, -0.05) is 125 Å². The summed E-state index contributed by atoms with van der Waals surface area (Å²) in [6.45, 7) is 7.71. The molecular weight excluding hydrogens is 572 g/mol. The maximum absolute atomic E-state index is 13.5. The number of carbonyl (C=O) groups excluding carboxylic acids is 2. The Kier molecular flexibility index (Phi) is 13.9. The van der Waals surface area contributed by atoms with Crippen molar-refractivity contribution in [1.29, 1.82) is 0 Å². The number of hydrogen-bond donors (Lipinski definition) is 1. The van der Waals surface area contributed by atoms with Gasteiger partial charge in [0.05, 0.1) is 13.1 Å². The van der Waals surface area contributed by atoms with Crippen LogP contribution in [0.1, 0.15) is 91.4 Å². The lowest BCUT2D eigenvalue weighted by Crippen LogP contribution is -2.38. The fourth-order valence-corrected chi connectivity index (χ4v) is 5.67. The van der Waals surface area contributed by atoms with Gasteiger partial charge in [-0.15, -0.1) is 0 Å². The number of benzene rings is 4. The number of nitrogens with one attached hydrogen (secondary N) is 1. The number of amides is 1. The van der Waals surface area contributed by atoms with E-state index in [1.54, 1.807) is 23.1 Å². The first-order valence-corrected chi connectivity index (χ1v) is 16.7.